The van der Waals surface area contributed by atoms with Gasteiger partial charge in [-0.1, -0.05) is 41.5 Å². The molecule has 3 fully saturated rings. The summed E-state index contributed by atoms with van der Waals surface area (Å²) in [7, 11) is -3.89. The first-order chi connectivity index (χ1) is 14.8. The predicted octanol–water partition coefficient (Wildman–Crippen LogP) is 5.99. The van der Waals surface area contributed by atoms with Gasteiger partial charge in [-0.3, -0.25) is 0 Å². The minimum atomic E-state index is -1.97. The summed E-state index contributed by atoms with van der Waals surface area (Å²) in [4.78, 5) is 0. The number of ether oxygens (including phenoxy) is 4. The average molecular weight is 501 g/mol. The zero-order valence-corrected chi connectivity index (χ0v) is 25.0. The molecule has 0 radical (unpaired) electrons. The summed E-state index contributed by atoms with van der Waals surface area (Å²) in [5.74, 6) is -0.624. The molecular weight excluding hydrogens is 452 g/mol. The molecular formula is C25H48O6Si2. The maximum Gasteiger partial charge on any atom is 0.249 e. The van der Waals surface area contributed by atoms with Crippen molar-refractivity contribution in [3.05, 3.63) is 12.3 Å². The van der Waals surface area contributed by atoms with Gasteiger partial charge in [-0.15, -0.1) is 0 Å². The summed E-state index contributed by atoms with van der Waals surface area (Å²) >= 11 is 0. The molecule has 5 atom stereocenters. The Morgan fingerprint density at radius 2 is 1.42 bits per heavy atom. The summed E-state index contributed by atoms with van der Waals surface area (Å²) < 4.78 is 38.4. The lowest BCUT2D eigenvalue weighted by molar-refractivity contribution is -0.167. The zero-order chi connectivity index (χ0) is 25.1. The van der Waals surface area contributed by atoms with E-state index in [2.05, 4.69) is 73.8 Å². The van der Waals surface area contributed by atoms with Crippen molar-refractivity contribution in [2.24, 2.45) is 0 Å². The standard InChI is InChI=1S/C25H48O6Si2/c1-22(2,3)32(9,10)27-14-13-25(17-28-33(11,12)23(4,5)6)15-18-20(31-25)21-19(16-26-18)29-24(7,8)30-21/h13-14,18-21H,15-17H2,1-12H3/b14-13+/t18-,19+,20+,21+,25+/m1/s1. The van der Waals surface area contributed by atoms with E-state index in [0.29, 0.717) is 13.2 Å². The number of rotatable bonds is 6. The summed E-state index contributed by atoms with van der Waals surface area (Å²) in [5, 5.41) is 0.249. The number of fused-ring (bicyclic) bond motifs is 3. The van der Waals surface area contributed by atoms with Crippen LogP contribution in [0.2, 0.25) is 36.3 Å². The van der Waals surface area contributed by atoms with Crippen molar-refractivity contribution in [3.8, 4) is 0 Å². The summed E-state index contributed by atoms with van der Waals surface area (Å²) in [6, 6.07) is 0. The monoisotopic (exact) mass is 500 g/mol. The molecule has 0 aromatic carbocycles. The molecule has 192 valence electrons. The zero-order valence-electron chi connectivity index (χ0n) is 23.0. The maximum absolute atomic E-state index is 6.78. The molecule has 3 saturated heterocycles. The van der Waals surface area contributed by atoms with Crippen molar-refractivity contribution in [2.75, 3.05) is 13.2 Å². The lowest BCUT2D eigenvalue weighted by atomic mass is 9.95. The minimum Gasteiger partial charge on any atom is -0.549 e. The smallest absolute Gasteiger partial charge is 0.249 e. The van der Waals surface area contributed by atoms with Crippen LogP contribution < -0.4 is 0 Å². The van der Waals surface area contributed by atoms with Crippen LogP contribution in [0, 0.1) is 0 Å². The first kappa shape index (κ1) is 27.4. The van der Waals surface area contributed by atoms with E-state index in [1.165, 1.54) is 0 Å². The van der Waals surface area contributed by atoms with E-state index < -0.39 is 28.0 Å². The van der Waals surface area contributed by atoms with Crippen molar-refractivity contribution >= 4 is 16.6 Å². The highest BCUT2D eigenvalue weighted by atomic mass is 28.4. The molecule has 3 rings (SSSR count). The van der Waals surface area contributed by atoms with E-state index in [1.807, 2.05) is 20.1 Å². The largest absolute Gasteiger partial charge is 0.549 e. The molecule has 0 aromatic heterocycles. The van der Waals surface area contributed by atoms with Crippen molar-refractivity contribution < 1.29 is 27.8 Å². The van der Waals surface area contributed by atoms with Gasteiger partial charge in [0.15, 0.2) is 14.1 Å². The lowest BCUT2D eigenvalue weighted by Crippen LogP contribution is -2.50. The van der Waals surface area contributed by atoms with Gasteiger partial charge in [0.05, 0.1) is 25.6 Å². The highest BCUT2D eigenvalue weighted by Crippen LogP contribution is 2.46. The summed E-state index contributed by atoms with van der Waals surface area (Å²) in [6.07, 6.45) is 4.19. The second-order valence-electron chi connectivity index (χ2n) is 13.6. The Balaban J connectivity index is 1.83. The Bertz CT molecular complexity index is 736. The second-order valence-corrected chi connectivity index (χ2v) is 23.2. The fourth-order valence-electron chi connectivity index (χ4n) is 4.05. The Hall–Kier alpha value is -0.226. The predicted molar refractivity (Wildman–Crippen MR) is 136 cm³/mol. The Morgan fingerprint density at radius 1 is 0.848 bits per heavy atom. The van der Waals surface area contributed by atoms with Crippen LogP contribution in [0.1, 0.15) is 61.8 Å². The molecule has 0 aliphatic carbocycles. The molecule has 8 heteroatoms. The van der Waals surface area contributed by atoms with Crippen molar-refractivity contribution in [2.45, 2.75) is 134 Å². The van der Waals surface area contributed by atoms with Crippen LogP contribution in [0.4, 0.5) is 0 Å². The van der Waals surface area contributed by atoms with E-state index in [9.17, 15) is 0 Å². The van der Waals surface area contributed by atoms with Gasteiger partial charge < -0.3 is 27.8 Å². The quantitative estimate of drug-likeness (QED) is 0.330. The van der Waals surface area contributed by atoms with Gasteiger partial charge in [0, 0.05) is 6.42 Å². The molecule has 0 N–H and O–H groups in total. The van der Waals surface area contributed by atoms with Gasteiger partial charge in [0.25, 0.3) is 0 Å². The highest BCUT2D eigenvalue weighted by Gasteiger charge is 2.58. The normalized spacial score (nSPS) is 35.0. The van der Waals surface area contributed by atoms with Crippen LogP contribution >= 0.6 is 0 Å². The molecule has 6 nitrogen and oxygen atoms in total. The highest BCUT2D eigenvalue weighted by molar-refractivity contribution is 6.74. The number of hydrogen-bond donors (Lipinski definition) is 0. The van der Waals surface area contributed by atoms with Crippen LogP contribution in [0.25, 0.3) is 0 Å². The third-order valence-corrected chi connectivity index (χ3v) is 17.1. The van der Waals surface area contributed by atoms with Crippen LogP contribution in [-0.2, 0) is 27.8 Å². The van der Waals surface area contributed by atoms with Crippen molar-refractivity contribution in [1.82, 2.24) is 0 Å². The molecule has 33 heavy (non-hydrogen) atoms. The number of hydrogen-bond acceptors (Lipinski definition) is 6. The molecule has 0 spiro atoms. The Labute approximate surface area is 203 Å². The molecule has 3 aliphatic heterocycles. The van der Waals surface area contributed by atoms with E-state index >= 15 is 0 Å². The summed E-state index contributed by atoms with van der Waals surface area (Å²) in [5.41, 5.74) is -0.613. The van der Waals surface area contributed by atoms with Crippen molar-refractivity contribution in [3.63, 3.8) is 0 Å². The fraction of sp³-hybridized carbons (Fsp3) is 0.920. The van der Waals surface area contributed by atoms with Gasteiger partial charge in [-0.25, -0.2) is 0 Å². The molecule has 0 bridgehead atoms. The van der Waals surface area contributed by atoms with Crippen molar-refractivity contribution in [1.29, 1.82) is 0 Å². The van der Waals surface area contributed by atoms with Gasteiger partial charge in [0.2, 0.25) is 8.32 Å². The first-order valence-electron chi connectivity index (χ1n) is 12.4. The van der Waals surface area contributed by atoms with Gasteiger partial charge in [0.1, 0.15) is 23.9 Å². The van der Waals surface area contributed by atoms with Gasteiger partial charge >= 0.3 is 0 Å². The van der Waals surface area contributed by atoms with E-state index in [0.717, 1.165) is 6.42 Å². The van der Waals surface area contributed by atoms with Crippen LogP contribution in [-0.4, -0.2) is 65.7 Å². The maximum atomic E-state index is 6.78. The van der Waals surface area contributed by atoms with Crippen LogP contribution in [0.15, 0.2) is 12.3 Å². The van der Waals surface area contributed by atoms with E-state index in [1.54, 1.807) is 0 Å². The molecule has 0 saturated carbocycles. The Morgan fingerprint density at radius 3 is 2.00 bits per heavy atom. The average Bonchev–Trinajstić information content (AvgIpc) is 3.14. The lowest BCUT2D eigenvalue weighted by Gasteiger charge is -2.39. The summed E-state index contributed by atoms with van der Waals surface area (Å²) in [6.45, 7) is 27.5. The first-order valence-corrected chi connectivity index (χ1v) is 18.2. The van der Waals surface area contributed by atoms with Crippen LogP contribution in [0.3, 0.4) is 0 Å². The topological polar surface area (TPSA) is 55.4 Å². The second kappa shape index (κ2) is 8.71. The molecule has 0 amide bonds. The molecule has 0 aromatic rings. The Kier molecular flexibility index (Phi) is 7.22. The molecule has 0 unspecified atom stereocenters. The van der Waals surface area contributed by atoms with E-state index in [4.69, 9.17) is 27.8 Å². The van der Waals surface area contributed by atoms with Gasteiger partial charge in [-0.2, -0.15) is 0 Å². The van der Waals surface area contributed by atoms with E-state index in [-0.39, 0.29) is 34.5 Å². The van der Waals surface area contributed by atoms with Gasteiger partial charge in [-0.05, 0) is 56.2 Å². The minimum absolute atomic E-state index is 0.0516. The molecule has 3 heterocycles. The SMILES string of the molecule is CC1(C)O[C@@H]2[C@H]3O[C@](/C=C/O[Si](C)(C)C(C)(C)C)(CO[Si](C)(C)C(C)(C)C)C[C@H]3OC[C@@H]2O1. The van der Waals surface area contributed by atoms with Crippen LogP contribution in [0.5, 0.6) is 0 Å². The fourth-order valence-corrected chi connectivity index (χ4v) is 5.85. The third kappa shape index (κ3) is 5.79. The molecule has 3 aliphatic rings. The third-order valence-electron chi connectivity index (χ3n) is 8.33.